The van der Waals surface area contributed by atoms with Crippen molar-refractivity contribution in [2.45, 2.75) is 43.3 Å². The first-order valence-corrected chi connectivity index (χ1v) is 7.84. The Bertz CT molecular complexity index is 336. The van der Waals surface area contributed by atoms with Gasteiger partial charge >= 0.3 is 5.97 Å². The van der Waals surface area contributed by atoms with Crippen molar-refractivity contribution in [2.24, 2.45) is 11.8 Å². The zero-order chi connectivity index (χ0) is 13.2. The van der Waals surface area contributed by atoms with Crippen LogP contribution in [0.25, 0.3) is 0 Å². The number of amides is 1. The molecule has 2 saturated carbocycles. The molecule has 0 aromatic rings. The van der Waals surface area contributed by atoms with Gasteiger partial charge in [-0.3, -0.25) is 9.59 Å². The lowest BCUT2D eigenvalue weighted by Gasteiger charge is -2.40. The third kappa shape index (κ3) is 2.82. The Morgan fingerprint density at radius 1 is 1.33 bits per heavy atom. The summed E-state index contributed by atoms with van der Waals surface area (Å²) in [6.45, 7) is 0.737. The van der Waals surface area contributed by atoms with Crippen LogP contribution in [0.15, 0.2) is 0 Å². The number of thioether (sulfide) groups is 1. The highest BCUT2D eigenvalue weighted by molar-refractivity contribution is 8.00. The van der Waals surface area contributed by atoms with Crippen LogP contribution in [-0.4, -0.2) is 34.5 Å². The van der Waals surface area contributed by atoms with Crippen LogP contribution in [0, 0.1) is 11.8 Å². The van der Waals surface area contributed by atoms with Gasteiger partial charge in [-0.15, -0.1) is 0 Å². The van der Waals surface area contributed by atoms with E-state index in [0.717, 1.165) is 13.0 Å². The van der Waals surface area contributed by atoms with Crippen molar-refractivity contribution in [3.8, 4) is 0 Å². The third-order valence-electron chi connectivity index (χ3n) is 4.44. The van der Waals surface area contributed by atoms with E-state index in [4.69, 9.17) is 5.11 Å². The fourth-order valence-electron chi connectivity index (χ4n) is 2.86. The minimum absolute atomic E-state index is 0.0547. The van der Waals surface area contributed by atoms with Gasteiger partial charge in [0.1, 0.15) is 0 Å². The Kier molecular flexibility index (Phi) is 4.20. The largest absolute Gasteiger partial charge is 0.481 e. The molecule has 5 heteroatoms. The lowest BCUT2D eigenvalue weighted by atomic mass is 9.84. The van der Waals surface area contributed by atoms with E-state index in [1.54, 1.807) is 0 Å². The average Bonchev–Trinajstić information content (AvgIpc) is 2.77. The second-order valence-corrected chi connectivity index (χ2v) is 6.78. The minimum atomic E-state index is -0.759. The molecule has 0 radical (unpaired) electrons. The van der Waals surface area contributed by atoms with Crippen LogP contribution in [-0.2, 0) is 9.59 Å². The minimum Gasteiger partial charge on any atom is -0.481 e. The maximum atomic E-state index is 12.0. The molecule has 2 aliphatic carbocycles. The second kappa shape index (κ2) is 5.51. The van der Waals surface area contributed by atoms with Gasteiger partial charge in [0.25, 0.3) is 0 Å². The fraction of sp³-hybridized carbons (Fsp3) is 0.846. The smallest absolute Gasteiger partial charge is 0.306 e. The van der Waals surface area contributed by atoms with Gasteiger partial charge in [0.2, 0.25) is 5.91 Å². The number of aliphatic carboxylic acids is 1. The van der Waals surface area contributed by atoms with E-state index >= 15 is 0 Å². The molecule has 2 aliphatic rings. The molecule has 18 heavy (non-hydrogen) atoms. The summed E-state index contributed by atoms with van der Waals surface area (Å²) in [6.07, 6.45) is 7.57. The van der Waals surface area contributed by atoms with Crippen LogP contribution >= 0.6 is 11.8 Å². The summed E-state index contributed by atoms with van der Waals surface area (Å²) in [7, 11) is 0. The van der Waals surface area contributed by atoms with Gasteiger partial charge in [-0.1, -0.05) is 6.42 Å². The quantitative estimate of drug-likeness (QED) is 0.801. The molecule has 0 aromatic heterocycles. The molecule has 1 amide bonds. The molecule has 4 nitrogen and oxygen atoms in total. The van der Waals surface area contributed by atoms with E-state index in [-0.39, 0.29) is 22.5 Å². The van der Waals surface area contributed by atoms with Gasteiger partial charge in [-0.05, 0) is 38.4 Å². The summed E-state index contributed by atoms with van der Waals surface area (Å²) in [5.74, 6) is -1.12. The van der Waals surface area contributed by atoms with Crippen molar-refractivity contribution < 1.29 is 14.7 Å². The molecule has 0 bridgehead atoms. The van der Waals surface area contributed by atoms with Gasteiger partial charge in [-0.25, -0.2) is 0 Å². The highest BCUT2D eigenvalue weighted by atomic mass is 32.2. The molecule has 0 unspecified atom stereocenters. The molecule has 0 spiro atoms. The number of nitrogens with one attached hydrogen (secondary N) is 1. The lowest BCUT2D eigenvalue weighted by Crippen LogP contribution is -2.46. The summed E-state index contributed by atoms with van der Waals surface area (Å²) in [4.78, 5) is 22.9. The molecule has 102 valence electrons. The van der Waals surface area contributed by atoms with Crippen molar-refractivity contribution in [1.29, 1.82) is 0 Å². The monoisotopic (exact) mass is 271 g/mol. The molecular formula is C13H21NO3S. The van der Waals surface area contributed by atoms with Crippen molar-refractivity contribution >= 4 is 23.6 Å². The van der Waals surface area contributed by atoms with Crippen molar-refractivity contribution in [1.82, 2.24) is 5.32 Å². The fourth-order valence-corrected chi connectivity index (χ4v) is 3.77. The van der Waals surface area contributed by atoms with Crippen LogP contribution in [0.3, 0.4) is 0 Å². The van der Waals surface area contributed by atoms with Crippen molar-refractivity contribution in [3.63, 3.8) is 0 Å². The van der Waals surface area contributed by atoms with Crippen molar-refractivity contribution in [3.05, 3.63) is 0 Å². The van der Waals surface area contributed by atoms with E-state index in [9.17, 15) is 9.59 Å². The first-order valence-electron chi connectivity index (χ1n) is 6.62. The maximum Gasteiger partial charge on any atom is 0.306 e. The zero-order valence-corrected chi connectivity index (χ0v) is 11.6. The Labute approximate surface area is 112 Å². The first-order chi connectivity index (χ1) is 8.56. The van der Waals surface area contributed by atoms with E-state index in [1.165, 1.54) is 19.3 Å². The van der Waals surface area contributed by atoms with Crippen LogP contribution in [0.4, 0.5) is 0 Å². The van der Waals surface area contributed by atoms with Gasteiger partial charge in [0.05, 0.1) is 5.92 Å². The molecular weight excluding hydrogens is 250 g/mol. The molecule has 2 fully saturated rings. The highest BCUT2D eigenvalue weighted by Gasteiger charge is 2.38. The van der Waals surface area contributed by atoms with E-state index in [2.05, 4.69) is 11.6 Å². The van der Waals surface area contributed by atoms with Gasteiger partial charge in [0.15, 0.2) is 0 Å². The number of carbonyl (C=O) groups is 2. The van der Waals surface area contributed by atoms with Gasteiger partial charge in [0, 0.05) is 17.2 Å². The highest BCUT2D eigenvalue weighted by Crippen LogP contribution is 2.42. The van der Waals surface area contributed by atoms with Crippen molar-refractivity contribution in [2.75, 3.05) is 12.8 Å². The summed E-state index contributed by atoms with van der Waals surface area (Å²) in [5.41, 5.74) is 0. The molecule has 0 aliphatic heterocycles. The number of carboxylic acid groups (broad SMARTS) is 1. The molecule has 2 atom stereocenters. The van der Waals surface area contributed by atoms with E-state index < -0.39 is 5.97 Å². The topological polar surface area (TPSA) is 66.4 Å². The third-order valence-corrected chi connectivity index (χ3v) is 5.85. The molecule has 0 heterocycles. The Hall–Kier alpha value is -0.710. The summed E-state index contributed by atoms with van der Waals surface area (Å²) in [5, 5.41) is 11.9. The predicted octanol–water partition coefficient (Wildman–Crippen LogP) is 1.89. The van der Waals surface area contributed by atoms with Gasteiger partial charge < -0.3 is 10.4 Å². The van der Waals surface area contributed by atoms with Crippen LogP contribution in [0.1, 0.15) is 38.5 Å². The maximum absolute atomic E-state index is 12.0. The summed E-state index contributed by atoms with van der Waals surface area (Å²) < 4.78 is 0.250. The number of hydrogen-bond donors (Lipinski definition) is 2. The first kappa shape index (κ1) is 13.7. The molecule has 2 N–H and O–H groups in total. The zero-order valence-electron chi connectivity index (χ0n) is 10.8. The number of carbonyl (C=O) groups excluding carboxylic acids is 1. The number of hydrogen-bond acceptors (Lipinski definition) is 3. The summed E-state index contributed by atoms with van der Waals surface area (Å²) in [6, 6.07) is 0. The Balaban J connectivity index is 1.77. The standard InChI is InChI=1S/C13H21NO3S/c1-18-13(5-2-6-13)8-14-11(15)9-3-4-10(7-9)12(16)17/h9-10H,2-8H2,1H3,(H,14,15)(H,16,17)/t9-,10+/m1/s1. The Morgan fingerprint density at radius 3 is 2.44 bits per heavy atom. The van der Waals surface area contributed by atoms with E-state index in [1.807, 2.05) is 11.8 Å². The number of rotatable bonds is 5. The van der Waals surface area contributed by atoms with Crippen LogP contribution < -0.4 is 5.32 Å². The van der Waals surface area contributed by atoms with Gasteiger partial charge in [-0.2, -0.15) is 11.8 Å². The molecule has 0 aromatic carbocycles. The normalized spacial score (nSPS) is 29.6. The second-order valence-electron chi connectivity index (χ2n) is 5.50. The molecule has 0 saturated heterocycles. The lowest BCUT2D eigenvalue weighted by molar-refractivity contribution is -0.141. The van der Waals surface area contributed by atoms with E-state index in [0.29, 0.717) is 12.8 Å². The summed E-state index contributed by atoms with van der Waals surface area (Å²) >= 11 is 1.84. The molecule has 2 rings (SSSR count). The predicted molar refractivity (Wildman–Crippen MR) is 71.6 cm³/mol. The number of carboxylic acids is 1. The Morgan fingerprint density at radius 2 is 2.00 bits per heavy atom. The SMILES string of the molecule is CSC1(CNC(=O)[C@@H]2CC[C@H](C(=O)O)C2)CCC1. The van der Waals surface area contributed by atoms with Crippen LogP contribution in [0.5, 0.6) is 0 Å². The van der Waals surface area contributed by atoms with Crippen LogP contribution in [0.2, 0.25) is 0 Å². The average molecular weight is 271 g/mol.